The third kappa shape index (κ3) is 2.05. The van der Waals surface area contributed by atoms with Crippen molar-refractivity contribution in [3.63, 3.8) is 0 Å². The third-order valence-electron chi connectivity index (χ3n) is 2.43. The van der Waals surface area contributed by atoms with Crippen molar-refractivity contribution in [3.05, 3.63) is 41.9 Å². The number of rotatable bonds is 1. The molecule has 1 aliphatic rings. The SMILES string of the molecule is Cc1cc(C2=CC(C)(F)NC=C2)ncc1O. The van der Waals surface area contributed by atoms with Crippen LogP contribution in [0.5, 0.6) is 5.75 Å². The summed E-state index contributed by atoms with van der Waals surface area (Å²) in [6, 6.07) is 1.73. The normalized spacial score (nSPS) is 23.8. The van der Waals surface area contributed by atoms with E-state index in [0.29, 0.717) is 11.3 Å². The number of aromatic nitrogens is 1. The van der Waals surface area contributed by atoms with Crippen LogP contribution in [0.2, 0.25) is 0 Å². The van der Waals surface area contributed by atoms with Gasteiger partial charge in [-0.2, -0.15) is 0 Å². The molecule has 2 rings (SSSR count). The lowest BCUT2D eigenvalue weighted by atomic mass is 10.0. The van der Waals surface area contributed by atoms with Crippen LogP contribution in [0.4, 0.5) is 4.39 Å². The van der Waals surface area contributed by atoms with E-state index in [1.165, 1.54) is 19.2 Å². The zero-order valence-corrected chi connectivity index (χ0v) is 9.16. The largest absolute Gasteiger partial charge is 0.506 e. The van der Waals surface area contributed by atoms with Gasteiger partial charge in [-0.25, -0.2) is 4.39 Å². The fourth-order valence-electron chi connectivity index (χ4n) is 1.54. The van der Waals surface area contributed by atoms with E-state index in [2.05, 4.69) is 10.3 Å². The Labute approximate surface area is 93.3 Å². The van der Waals surface area contributed by atoms with Crippen LogP contribution in [0.15, 0.2) is 30.6 Å². The minimum Gasteiger partial charge on any atom is -0.506 e. The van der Waals surface area contributed by atoms with Crippen LogP contribution in [0.25, 0.3) is 5.57 Å². The summed E-state index contributed by atoms with van der Waals surface area (Å²) >= 11 is 0. The summed E-state index contributed by atoms with van der Waals surface area (Å²) < 4.78 is 13.7. The summed E-state index contributed by atoms with van der Waals surface area (Å²) in [4.78, 5) is 4.06. The molecule has 0 fully saturated rings. The second-order valence-corrected chi connectivity index (χ2v) is 4.01. The van der Waals surface area contributed by atoms with Gasteiger partial charge >= 0.3 is 0 Å². The Morgan fingerprint density at radius 1 is 1.50 bits per heavy atom. The minimum atomic E-state index is -1.56. The average molecular weight is 220 g/mol. The number of nitrogens with one attached hydrogen (secondary N) is 1. The van der Waals surface area contributed by atoms with Gasteiger partial charge < -0.3 is 10.4 Å². The van der Waals surface area contributed by atoms with Crippen molar-refractivity contribution in [1.29, 1.82) is 0 Å². The van der Waals surface area contributed by atoms with Gasteiger partial charge in [0.05, 0.1) is 11.9 Å². The topological polar surface area (TPSA) is 45.2 Å². The fourth-order valence-corrected chi connectivity index (χ4v) is 1.54. The maximum atomic E-state index is 13.7. The maximum Gasteiger partial charge on any atom is 0.197 e. The Bertz CT molecular complexity index is 478. The quantitative estimate of drug-likeness (QED) is 0.714. The Kier molecular flexibility index (Phi) is 2.42. The summed E-state index contributed by atoms with van der Waals surface area (Å²) in [6.45, 7) is 3.21. The third-order valence-corrected chi connectivity index (χ3v) is 2.43. The molecule has 1 aromatic rings. The van der Waals surface area contributed by atoms with Crippen LogP contribution in [0.1, 0.15) is 18.2 Å². The Morgan fingerprint density at radius 3 is 2.88 bits per heavy atom. The lowest BCUT2D eigenvalue weighted by Gasteiger charge is -2.21. The van der Waals surface area contributed by atoms with E-state index in [-0.39, 0.29) is 5.75 Å². The van der Waals surface area contributed by atoms with Crippen molar-refractivity contribution in [2.45, 2.75) is 19.6 Å². The molecule has 0 radical (unpaired) electrons. The van der Waals surface area contributed by atoms with E-state index in [4.69, 9.17) is 0 Å². The Balaban J connectivity index is 2.41. The van der Waals surface area contributed by atoms with E-state index in [0.717, 1.165) is 5.56 Å². The van der Waals surface area contributed by atoms with Gasteiger partial charge in [0.15, 0.2) is 5.79 Å². The molecule has 1 aliphatic heterocycles. The van der Waals surface area contributed by atoms with Crippen molar-refractivity contribution >= 4 is 5.57 Å². The molecule has 3 nitrogen and oxygen atoms in total. The molecule has 4 heteroatoms. The van der Waals surface area contributed by atoms with E-state index in [1.807, 2.05) is 0 Å². The molecule has 84 valence electrons. The molecule has 1 aromatic heterocycles. The first-order valence-electron chi connectivity index (χ1n) is 5.00. The zero-order valence-electron chi connectivity index (χ0n) is 9.16. The van der Waals surface area contributed by atoms with Crippen LogP contribution in [-0.2, 0) is 0 Å². The second-order valence-electron chi connectivity index (χ2n) is 4.01. The zero-order chi connectivity index (χ0) is 11.8. The van der Waals surface area contributed by atoms with Gasteiger partial charge in [0.25, 0.3) is 0 Å². The molecule has 0 amide bonds. The Morgan fingerprint density at radius 2 is 2.25 bits per heavy atom. The number of pyridine rings is 1. The highest BCUT2D eigenvalue weighted by molar-refractivity contribution is 5.74. The van der Waals surface area contributed by atoms with Crippen LogP contribution in [0, 0.1) is 6.92 Å². The van der Waals surface area contributed by atoms with Crippen molar-refractivity contribution < 1.29 is 9.50 Å². The average Bonchev–Trinajstić information content (AvgIpc) is 2.20. The van der Waals surface area contributed by atoms with Gasteiger partial charge in [-0.05, 0) is 43.8 Å². The van der Waals surface area contributed by atoms with Gasteiger partial charge in [0.2, 0.25) is 0 Å². The molecular formula is C12H13FN2O. The summed E-state index contributed by atoms with van der Waals surface area (Å²) in [5, 5.41) is 11.9. The molecule has 0 aromatic carbocycles. The van der Waals surface area contributed by atoms with Crippen LogP contribution in [0.3, 0.4) is 0 Å². The summed E-state index contributed by atoms with van der Waals surface area (Å²) in [5.41, 5.74) is 2.07. The summed E-state index contributed by atoms with van der Waals surface area (Å²) in [5.74, 6) is -1.41. The van der Waals surface area contributed by atoms with Crippen LogP contribution < -0.4 is 5.32 Å². The van der Waals surface area contributed by atoms with Crippen LogP contribution in [-0.4, -0.2) is 15.9 Å². The maximum absolute atomic E-state index is 13.7. The van der Waals surface area contributed by atoms with Crippen molar-refractivity contribution in [3.8, 4) is 5.75 Å². The highest BCUT2D eigenvalue weighted by Gasteiger charge is 2.21. The van der Waals surface area contributed by atoms with E-state index >= 15 is 0 Å². The molecule has 2 heterocycles. The lowest BCUT2D eigenvalue weighted by molar-refractivity contribution is 0.225. The van der Waals surface area contributed by atoms with Gasteiger partial charge in [0, 0.05) is 5.57 Å². The first-order chi connectivity index (χ1) is 7.48. The fraction of sp³-hybridized carbons (Fsp3) is 0.250. The number of aryl methyl sites for hydroxylation is 1. The highest BCUT2D eigenvalue weighted by Crippen LogP contribution is 2.25. The highest BCUT2D eigenvalue weighted by atomic mass is 19.1. The number of alkyl halides is 1. The number of allylic oxidation sites excluding steroid dienone is 2. The van der Waals surface area contributed by atoms with Gasteiger partial charge in [-0.15, -0.1) is 0 Å². The van der Waals surface area contributed by atoms with Crippen molar-refractivity contribution in [2.75, 3.05) is 0 Å². The summed E-state index contributed by atoms with van der Waals surface area (Å²) in [7, 11) is 0. The molecule has 16 heavy (non-hydrogen) atoms. The number of aromatic hydroxyl groups is 1. The first-order valence-corrected chi connectivity index (χ1v) is 5.00. The molecule has 1 atom stereocenters. The first kappa shape index (κ1) is 10.7. The predicted molar refractivity (Wildman–Crippen MR) is 60.4 cm³/mol. The number of hydrogen-bond acceptors (Lipinski definition) is 3. The monoisotopic (exact) mass is 220 g/mol. The molecule has 2 N–H and O–H groups in total. The molecule has 1 unspecified atom stereocenters. The van der Waals surface area contributed by atoms with Gasteiger partial charge in [0.1, 0.15) is 5.75 Å². The number of nitrogens with zero attached hydrogens (tertiary/aromatic N) is 1. The molecule has 0 saturated carbocycles. The number of halogens is 1. The molecule has 0 bridgehead atoms. The smallest absolute Gasteiger partial charge is 0.197 e. The van der Waals surface area contributed by atoms with Gasteiger partial charge in [-0.1, -0.05) is 0 Å². The number of hydrogen-bond donors (Lipinski definition) is 2. The lowest BCUT2D eigenvalue weighted by Crippen LogP contribution is -2.33. The molecule has 0 spiro atoms. The molecule has 0 saturated heterocycles. The van der Waals surface area contributed by atoms with E-state index in [1.54, 1.807) is 25.3 Å². The van der Waals surface area contributed by atoms with E-state index in [9.17, 15) is 9.50 Å². The van der Waals surface area contributed by atoms with Crippen molar-refractivity contribution in [2.24, 2.45) is 0 Å². The molecule has 0 aliphatic carbocycles. The summed E-state index contributed by atoms with van der Waals surface area (Å²) in [6.07, 6.45) is 6.14. The van der Waals surface area contributed by atoms with Crippen molar-refractivity contribution in [1.82, 2.24) is 10.3 Å². The Hall–Kier alpha value is -1.84. The predicted octanol–water partition coefficient (Wildman–Crippen LogP) is 2.28. The van der Waals surface area contributed by atoms with Gasteiger partial charge in [-0.3, -0.25) is 4.98 Å². The van der Waals surface area contributed by atoms with E-state index < -0.39 is 5.79 Å². The second kappa shape index (κ2) is 3.63. The number of dihydropyridines is 1. The molecular weight excluding hydrogens is 207 g/mol. The standard InChI is InChI=1S/C12H13FN2O/c1-8-5-10(14-7-11(8)16)9-3-4-15-12(2,13)6-9/h3-7,15-16H,1-2H3. The van der Waals surface area contributed by atoms with Crippen LogP contribution >= 0.6 is 0 Å². The minimum absolute atomic E-state index is 0.144.